The second-order valence-electron chi connectivity index (χ2n) is 4.49. The zero-order valence-corrected chi connectivity index (χ0v) is 11.6. The molecule has 2 rings (SSSR count). The molecule has 2 aromatic rings. The molecule has 19 heavy (non-hydrogen) atoms. The van der Waals surface area contributed by atoms with Gasteiger partial charge in [0.2, 0.25) is 0 Å². The Morgan fingerprint density at radius 2 is 2.21 bits per heavy atom. The number of hydrogen-bond acceptors (Lipinski definition) is 3. The summed E-state index contributed by atoms with van der Waals surface area (Å²) in [5.41, 5.74) is 5.01. The molecule has 1 aromatic carbocycles. The lowest BCUT2D eigenvalue weighted by Gasteiger charge is -2.16. The Balaban J connectivity index is 2.29. The Bertz CT molecular complexity index is 582. The molecule has 4 nitrogen and oxygen atoms in total. The van der Waals surface area contributed by atoms with Crippen molar-refractivity contribution in [3.63, 3.8) is 0 Å². The standard InChI is InChI=1S/C13H16ClFN4/c1-8-5-13(19(2)18-8)12(17-16)7-9-6-10(14)3-4-11(9)15/h3-6,12,17H,7,16H2,1-2H3. The van der Waals surface area contributed by atoms with Crippen molar-refractivity contribution in [3.8, 4) is 0 Å². The van der Waals surface area contributed by atoms with Gasteiger partial charge < -0.3 is 0 Å². The lowest BCUT2D eigenvalue weighted by molar-refractivity contribution is 0.495. The maximum Gasteiger partial charge on any atom is 0.126 e. The number of aryl methyl sites for hydroxylation is 2. The van der Waals surface area contributed by atoms with E-state index in [1.807, 2.05) is 20.0 Å². The van der Waals surface area contributed by atoms with Gasteiger partial charge in [-0.05, 0) is 43.2 Å². The van der Waals surface area contributed by atoms with Crippen LogP contribution in [0.1, 0.15) is 23.0 Å². The molecule has 0 saturated carbocycles. The van der Waals surface area contributed by atoms with Crippen molar-refractivity contribution in [3.05, 3.63) is 52.1 Å². The third-order valence-corrected chi connectivity index (χ3v) is 3.26. The summed E-state index contributed by atoms with van der Waals surface area (Å²) in [6.45, 7) is 1.90. The van der Waals surface area contributed by atoms with E-state index in [-0.39, 0.29) is 11.9 Å². The van der Waals surface area contributed by atoms with Crippen LogP contribution in [0.25, 0.3) is 0 Å². The average molecular weight is 283 g/mol. The van der Waals surface area contributed by atoms with Crippen LogP contribution in [0.4, 0.5) is 4.39 Å². The highest BCUT2D eigenvalue weighted by Gasteiger charge is 2.17. The van der Waals surface area contributed by atoms with Crippen molar-refractivity contribution in [2.75, 3.05) is 0 Å². The van der Waals surface area contributed by atoms with Crippen LogP contribution in [0, 0.1) is 12.7 Å². The van der Waals surface area contributed by atoms with E-state index in [0.29, 0.717) is 17.0 Å². The van der Waals surface area contributed by atoms with Crippen LogP contribution in [0.5, 0.6) is 0 Å². The zero-order chi connectivity index (χ0) is 14.0. The smallest absolute Gasteiger partial charge is 0.126 e. The number of nitrogens with two attached hydrogens (primary N) is 1. The summed E-state index contributed by atoms with van der Waals surface area (Å²) >= 11 is 5.89. The Labute approximate surface area is 116 Å². The molecule has 0 aliphatic rings. The number of benzene rings is 1. The van der Waals surface area contributed by atoms with Crippen molar-refractivity contribution in [2.24, 2.45) is 12.9 Å². The lowest BCUT2D eigenvalue weighted by atomic mass is 10.0. The van der Waals surface area contributed by atoms with Gasteiger partial charge in [-0.25, -0.2) is 4.39 Å². The molecule has 0 aliphatic carbocycles. The third-order valence-electron chi connectivity index (χ3n) is 3.03. The van der Waals surface area contributed by atoms with Crippen LogP contribution < -0.4 is 11.3 Å². The maximum atomic E-state index is 13.7. The fourth-order valence-corrected chi connectivity index (χ4v) is 2.32. The Hall–Kier alpha value is -1.43. The molecule has 0 spiro atoms. The number of nitrogens with zero attached hydrogens (tertiary/aromatic N) is 2. The molecule has 1 unspecified atom stereocenters. The van der Waals surface area contributed by atoms with Crippen molar-refractivity contribution < 1.29 is 4.39 Å². The van der Waals surface area contributed by atoms with Gasteiger partial charge in [-0.1, -0.05) is 11.6 Å². The van der Waals surface area contributed by atoms with Gasteiger partial charge in [-0.3, -0.25) is 16.0 Å². The molecule has 1 atom stereocenters. The van der Waals surface area contributed by atoms with Crippen LogP contribution in [-0.4, -0.2) is 9.78 Å². The minimum Gasteiger partial charge on any atom is -0.271 e. The first-order valence-electron chi connectivity index (χ1n) is 5.92. The van der Waals surface area contributed by atoms with Crippen molar-refractivity contribution in [1.29, 1.82) is 0 Å². The fraction of sp³-hybridized carbons (Fsp3) is 0.308. The summed E-state index contributed by atoms with van der Waals surface area (Å²) in [6.07, 6.45) is 0.405. The lowest BCUT2D eigenvalue weighted by Crippen LogP contribution is -2.31. The number of aromatic nitrogens is 2. The average Bonchev–Trinajstić information content (AvgIpc) is 2.69. The first kappa shape index (κ1) is 14.0. The minimum atomic E-state index is -0.288. The Morgan fingerprint density at radius 3 is 2.79 bits per heavy atom. The van der Waals surface area contributed by atoms with E-state index in [4.69, 9.17) is 17.4 Å². The van der Waals surface area contributed by atoms with Gasteiger partial charge in [-0.15, -0.1) is 0 Å². The van der Waals surface area contributed by atoms with Crippen molar-refractivity contribution >= 4 is 11.6 Å². The highest BCUT2D eigenvalue weighted by atomic mass is 35.5. The van der Waals surface area contributed by atoms with Gasteiger partial charge in [0.25, 0.3) is 0 Å². The van der Waals surface area contributed by atoms with Gasteiger partial charge in [0, 0.05) is 12.1 Å². The normalized spacial score (nSPS) is 12.7. The number of hydrogen-bond donors (Lipinski definition) is 2. The number of halogens is 2. The third kappa shape index (κ3) is 3.12. The summed E-state index contributed by atoms with van der Waals surface area (Å²) in [5.74, 6) is 5.28. The second kappa shape index (κ2) is 5.69. The Morgan fingerprint density at radius 1 is 1.47 bits per heavy atom. The minimum absolute atomic E-state index is 0.223. The van der Waals surface area contributed by atoms with Crippen LogP contribution >= 0.6 is 11.6 Å². The number of nitrogens with one attached hydrogen (secondary N) is 1. The summed E-state index contributed by atoms with van der Waals surface area (Å²) in [5, 5.41) is 4.77. The monoisotopic (exact) mass is 282 g/mol. The maximum absolute atomic E-state index is 13.7. The molecule has 0 saturated heterocycles. The van der Waals surface area contributed by atoms with Gasteiger partial charge in [0.15, 0.2) is 0 Å². The summed E-state index contributed by atoms with van der Waals surface area (Å²) in [4.78, 5) is 0. The van der Waals surface area contributed by atoms with E-state index in [9.17, 15) is 4.39 Å². The molecule has 1 heterocycles. The molecule has 0 bridgehead atoms. The second-order valence-corrected chi connectivity index (χ2v) is 4.93. The summed E-state index contributed by atoms with van der Waals surface area (Å²) < 4.78 is 15.5. The van der Waals surface area contributed by atoms with Gasteiger partial charge >= 0.3 is 0 Å². The van der Waals surface area contributed by atoms with E-state index in [1.165, 1.54) is 12.1 Å². The Kier molecular flexibility index (Phi) is 4.19. The topological polar surface area (TPSA) is 55.9 Å². The van der Waals surface area contributed by atoms with Crippen LogP contribution in [0.15, 0.2) is 24.3 Å². The molecular weight excluding hydrogens is 267 g/mol. The number of hydrazine groups is 1. The van der Waals surface area contributed by atoms with Crippen LogP contribution in [0.2, 0.25) is 5.02 Å². The van der Waals surface area contributed by atoms with Crippen LogP contribution in [-0.2, 0) is 13.5 Å². The van der Waals surface area contributed by atoms with Crippen LogP contribution in [0.3, 0.4) is 0 Å². The van der Waals surface area contributed by atoms with Crippen molar-refractivity contribution in [1.82, 2.24) is 15.2 Å². The first-order valence-corrected chi connectivity index (χ1v) is 6.29. The highest BCUT2D eigenvalue weighted by molar-refractivity contribution is 6.30. The zero-order valence-electron chi connectivity index (χ0n) is 10.8. The fourth-order valence-electron chi connectivity index (χ4n) is 2.13. The molecule has 0 fully saturated rings. The molecule has 0 amide bonds. The largest absolute Gasteiger partial charge is 0.271 e. The van der Waals surface area contributed by atoms with E-state index >= 15 is 0 Å². The van der Waals surface area contributed by atoms with Crippen molar-refractivity contribution in [2.45, 2.75) is 19.4 Å². The quantitative estimate of drug-likeness (QED) is 0.668. The van der Waals surface area contributed by atoms with Gasteiger partial charge in [-0.2, -0.15) is 5.10 Å². The molecule has 102 valence electrons. The van der Waals surface area contributed by atoms with E-state index in [2.05, 4.69) is 10.5 Å². The summed E-state index contributed by atoms with van der Waals surface area (Å²) in [6, 6.07) is 6.20. The van der Waals surface area contributed by atoms with E-state index in [0.717, 1.165) is 11.4 Å². The molecule has 1 aromatic heterocycles. The predicted octanol–water partition coefficient (Wildman–Crippen LogP) is 2.27. The molecular formula is C13H16ClFN4. The van der Waals surface area contributed by atoms with E-state index < -0.39 is 0 Å². The molecule has 0 aliphatic heterocycles. The highest BCUT2D eigenvalue weighted by Crippen LogP contribution is 2.22. The van der Waals surface area contributed by atoms with Gasteiger partial charge in [0.05, 0.1) is 17.4 Å². The van der Waals surface area contributed by atoms with E-state index in [1.54, 1.807) is 10.7 Å². The SMILES string of the molecule is Cc1cc(C(Cc2cc(Cl)ccc2F)NN)n(C)n1. The predicted molar refractivity (Wildman–Crippen MR) is 73.1 cm³/mol. The first-order chi connectivity index (χ1) is 9.01. The van der Waals surface area contributed by atoms with Gasteiger partial charge in [0.1, 0.15) is 5.82 Å². The summed E-state index contributed by atoms with van der Waals surface area (Å²) in [7, 11) is 1.83. The number of rotatable bonds is 4. The molecule has 0 radical (unpaired) electrons. The molecule has 6 heteroatoms. The molecule has 3 N–H and O–H groups in total.